The standard InChI is InChI=1S/C17H19NO2/c19-17(20)12-16(18-9-3-4-10-18)15-8-7-13-5-1-2-6-14(13)11-15/h1-2,5-8,11,16H,3-4,9-10,12H2,(H,19,20). The minimum Gasteiger partial charge on any atom is -0.481 e. The van der Waals surface area contributed by atoms with Gasteiger partial charge in [-0.1, -0.05) is 36.4 Å². The van der Waals surface area contributed by atoms with Crippen LogP contribution in [0.2, 0.25) is 0 Å². The fraction of sp³-hybridized carbons (Fsp3) is 0.353. The molecule has 0 spiro atoms. The number of nitrogens with zero attached hydrogens (tertiary/aromatic N) is 1. The Morgan fingerprint density at radius 3 is 2.50 bits per heavy atom. The molecule has 1 heterocycles. The van der Waals surface area contributed by atoms with Crippen LogP contribution in [0.1, 0.15) is 30.9 Å². The van der Waals surface area contributed by atoms with Gasteiger partial charge in [0.1, 0.15) is 0 Å². The zero-order valence-corrected chi connectivity index (χ0v) is 11.5. The van der Waals surface area contributed by atoms with E-state index in [1.54, 1.807) is 0 Å². The number of likely N-dealkylation sites (tertiary alicyclic amines) is 1. The molecule has 0 saturated carbocycles. The predicted octanol–water partition coefficient (Wildman–Crippen LogP) is 3.45. The van der Waals surface area contributed by atoms with Gasteiger partial charge in [-0.15, -0.1) is 0 Å². The average molecular weight is 269 g/mol. The Balaban J connectivity index is 1.96. The van der Waals surface area contributed by atoms with E-state index >= 15 is 0 Å². The first kappa shape index (κ1) is 13.1. The van der Waals surface area contributed by atoms with Crippen molar-refractivity contribution in [2.75, 3.05) is 13.1 Å². The fourth-order valence-electron chi connectivity index (χ4n) is 3.09. The first-order valence-electron chi connectivity index (χ1n) is 7.18. The maximum Gasteiger partial charge on any atom is 0.305 e. The predicted molar refractivity (Wildman–Crippen MR) is 79.7 cm³/mol. The Morgan fingerprint density at radius 2 is 1.80 bits per heavy atom. The van der Waals surface area contributed by atoms with E-state index in [4.69, 9.17) is 0 Å². The molecule has 3 heteroatoms. The SMILES string of the molecule is O=C(O)CC(c1ccc2ccccc2c1)N1CCCC1. The summed E-state index contributed by atoms with van der Waals surface area (Å²) in [7, 11) is 0. The molecule has 2 aromatic carbocycles. The number of carbonyl (C=O) groups is 1. The molecular weight excluding hydrogens is 250 g/mol. The molecule has 3 rings (SSSR count). The zero-order valence-electron chi connectivity index (χ0n) is 11.5. The first-order valence-corrected chi connectivity index (χ1v) is 7.18. The van der Waals surface area contributed by atoms with E-state index in [1.807, 2.05) is 12.1 Å². The number of carboxylic acids is 1. The molecule has 1 unspecified atom stereocenters. The number of aliphatic carboxylic acids is 1. The molecule has 0 bridgehead atoms. The number of hydrogen-bond donors (Lipinski definition) is 1. The third-order valence-electron chi connectivity index (χ3n) is 4.11. The van der Waals surface area contributed by atoms with Crippen molar-refractivity contribution in [3.63, 3.8) is 0 Å². The second kappa shape index (κ2) is 5.63. The Kier molecular flexibility index (Phi) is 3.70. The van der Waals surface area contributed by atoms with Gasteiger partial charge in [0.15, 0.2) is 0 Å². The van der Waals surface area contributed by atoms with Crippen LogP contribution in [0, 0.1) is 0 Å². The van der Waals surface area contributed by atoms with Crippen LogP contribution in [0.5, 0.6) is 0 Å². The lowest BCUT2D eigenvalue weighted by molar-refractivity contribution is -0.138. The van der Waals surface area contributed by atoms with Crippen molar-refractivity contribution in [3.05, 3.63) is 48.0 Å². The van der Waals surface area contributed by atoms with Gasteiger partial charge in [-0.2, -0.15) is 0 Å². The van der Waals surface area contributed by atoms with Crippen LogP contribution < -0.4 is 0 Å². The van der Waals surface area contributed by atoms with Gasteiger partial charge in [0.25, 0.3) is 0 Å². The van der Waals surface area contributed by atoms with Gasteiger partial charge in [0, 0.05) is 6.04 Å². The highest BCUT2D eigenvalue weighted by Gasteiger charge is 2.25. The van der Waals surface area contributed by atoms with Crippen LogP contribution in [0.15, 0.2) is 42.5 Å². The fourth-order valence-corrected chi connectivity index (χ4v) is 3.09. The summed E-state index contributed by atoms with van der Waals surface area (Å²) in [5.74, 6) is -0.727. The van der Waals surface area contributed by atoms with Crippen molar-refractivity contribution >= 4 is 16.7 Å². The topological polar surface area (TPSA) is 40.5 Å². The van der Waals surface area contributed by atoms with E-state index in [0.29, 0.717) is 0 Å². The summed E-state index contributed by atoms with van der Waals surface area (Å²) < 4.78 is 0. The van der Waals surface area contributed by atoms with Gasteiger partial charge >= 0.3 is 5.97 Å². The first-order chi connectivity index (χ1) is 9.74. The summed E-state index contributed by atoms with van der Waals surface area (Å²) in [6.45, 7) is 2.01. The Morgan fingerprint density at radius 1 is 1.10 bits per heavy atom. The molecule has 3 nitrogen and oxygen atoms in total. The van der Waals surface area contributed by atoms with Crippen molar-refractivity contribution in [3.8, 4) is 0 Å². The zero-order chi connectivity index (χ0) is 13.9. The Hall–Kier alpha value is -1.87. The van der Waals surface area contributed by atoms with Crippen molar-refractivity contribution in [1.82, 2.24) is 4.90 Å². The van der Waals surface area contributed by atoms with Gasteiger partial charge in [0.2, 0.25) is 0 Å². The summed E-state index contributed by atoms with van der Waals surface area (Å²) in [6, 6.07) is 14.5. The van der Waals surface area contributed by atoms with Crippen LogP contribution in [-0.4, -0.2) is 29.1 Å². The van der Waals surface area contributed by atoms with Crippen molar-refractivity contribution < 1.29 is 9.90 Å². The summed E-state index contributed by atoms with van der Waals surface area (Å²) in [5.41, 5.74) is 1.12. The average Bonchev–Trinajstić information content (AvgIpc) is 2.98. The minimum absolute atomic E-state index is 0.000365. The lowest BCUT2D eigenvalue weighted by Crippen LogP contribution is -2.27. The van der Waals surface area contributed by atoms with Crippen molar-refractivity contribution in [1.29, 1.82) is 0 Å². The van der Waals surface area contributed by atoms with Crippen molar-refractivity contribution in [2.45, 2.75) is 25.3 Å². The molecule has 1 atom stereocenters. The Labute approximate surface area is 118 Å². The lowest BCUT2D eigenvalue weighted by Gasteiger charge is -2.26. The molecule has 0 radical (unpaired) electrons. The van der Waals surface area contributed by atoms with Crippen LogP contribution in [0.25, 0.3) is 10.8 Å². The van der Waals surface area contributed by atoms with Crippen LogP contribution in [0.4, 0.5) is 0 Å². The van der Waals surface area contributed by atoms with Crippen LogP contribution in [0.3, 0.4) is 0 Å². The lowest BCUT2D eigenvalue weighted by atomic mass is 9.98. The van der Waals surface area contributed by atoms with Crippen LogP contribution in [-0.2, 0) is 4.79 Å². The maximum absolute atomic E-state index is 11.2. The quantitative estimate of drug-likeness (QED) is 0.924. The number of hydrogen-bond acceptors (Lipinski definition) is 2. The summed E-state index contributed by atoms with van der Waals surface area (Å²) in [4.78, 5) is 13.5. The molecule has 0 aliphatic carbocycles. The Bertz CT molecular complexity index is 617. The number of rotatable bonds is 4. The van der Waals surface area contributed by atoms with E-state index < -0.39 is 5.97 Å². The van der Waals surface area contributed by atoms with Gasteiger partial charge in [-0.05, 0) is 48.3 Å². The third-order valence-corrected chi connectivity index (χ3v) is 4.11. The van der Waals surface area contributed by atoms with E-state index in [0.717, 1.165) is 18.7 Å². The molecule has 0 aromatic heterocycles. The second-order valence-corrected chi connectivity index (χ2v) is 5.46. The van der Waals surface area contributed by atoms with Gasteiger partial charge in [-0.25, -0.2) is 0 Å². The highest BCUT2D eigenvalue weighted by molar-refractivity contribution is 5.83. The largest absolute Gasteiger partial charge is 0.481 e. The minimum atomic E-state index is -0.727. The second-order valence-electron chi connectivity index (χ2n) is 5.46. The molecule has 1 fully saturated rings. The highest BCUT2D eigenvalue weighted by atomic mass is 16.4. The van der Waals surface area contributed by atoms with E-state index in [1.165, 1.54) is 23.6 Å². The van der Waals surface area contributed by atoms with E-state index in [9.17, 15) is 9.90 Å². The van der Waals surface area contributed by atoms with Crippen molar-refractivity contribution in [2.24, 2.45) is 0 Å². The molecule has 0 amide bonds. The van der Waals surface area contributed by atoms with Gasteiger partial charge in [-0.3, -0.25) is 9.69 Å². The van der Waals surface area contributed by atoms with E-state index in [2.05, 4.69) is 35.2 Å². The summed E-state index contributed by atoms with van der Waals surface area (Å²) in [5, 5.41) is 11.6. The summed E-state index contributed by atoms with van der Waals surface area (Å²) >= 11 is 0. The molecule has 2 aromatic rings. The summed E-state index contributed by atoms with van der Waals surface area (Å²) in [6.07, 6.45) is 2.52. The number of benzene rings is 2. The normalized spacial score (nSPS) is 17.4. The molecule has 1 aliphatic heterocycles. The third kappa shape index (κ3) is 2.68. The highest BCUT2D eigenvalue weighted by Crippen LogP contribution is 2.30. The maximum atomic E-state index is 11.2. The molecule has 1 saturated heterocycles. The number of fused-ring (bicyclic) bond motifs is 1. The molecule has 1 aliphatic rings. The smallest absolute Gasteiger partial charge is 0.305 e. The number of carboxylic acid groups (broad SMARTS) is 1. The molecule has 1 N–H and O–H groups in total. The van der Waals surface area contributed by atoms with Gasteiger partial charge in [0.05, 0.1) is 6.42 Å². The molecular formula is C17H19NO2. The molecule has 20 heavy (non-hydrogen) atoms. The van der Waals surface area contributed by atoms with Crippen LogP contribution >= 0.6 is 0 Å². The van der Waals surface area contributed by atoms with Gasteiger partial charge < -0.3 is 5.11 Å². The van der Waals surface area contributed by atoms with E-state index in [-0.39, 0.29) is 12.5 Å². The monoisotopic (exact) mass is 269 g/mol. The molecule has 104 valence electrons.